The lowest BCUT2D eigenvalue weighted by Crippen LogP contribution is -2.16. The Morgan fingerprint density at radius 2 is 2.09 bits per heavy atom. The summed E-state index contributed by atoms with van der Waals surface area (Å²) >= 11 is 3.95. The van der Waals surface area contributed by atoms with Crippen LogP contribution in [0.5, 0.6) is 0 Å². The van der Waals surface area contributed by atoms with Gasteiger partial charge in [-0.25, -0.2) is 0 Å². The maximum absolute atomic E-state index is 10.9. The Morgan fingerprint density at radius 3 is 2.45 bits per heavy atom. The van der Waals surface area contributed by atoms with Gasteiger partial charge in [-0.15, -0.1) is 0 Å². The van der Waals surface area contributed by atoms with Crippen LogP contribution in [0.1, 0.15) is 20.3 Å². The highest BCUT2D eigenvalue weighted by Gasteiger charge is 2.12. The predicted molar refractivity (Wildman–Crippen MR) is 48.5 cm³/mol. The Kier molecular flexibility index (Phi) is 5.12. The van der Waals surface area contributed by atoms with Crippen molar-refractivity contribution < 1.29 is 12.6 Å². The van der Waals surface area contributed by atoms with Gasteiger partial charge in [0.1, 0.15) is 0 Å². The maximum atomic E-state index is 10.9. The SMILES string of the molecule is CCCOS(=O)(=O)CC(C)S. The second kappa shape index (κ2) is 5.00. The molecule has 0 radical (unpaired) electrons. The van der Waals surface area contributed by atoms with Crippen molar-refractivity contribution in [1.82, 2.24) is 0 Å². The first kappa shape index (κ1) is 11.3. The van der Waals surface area contributed by atoms with Crippen LogP contribution in [0, 0.1) is 0 Å². The Balaban J connectivity index is 3.82. The van der Waals surface area contributed by atoms with E-state index in [0.717, 1.165) is 0 Å². The maximum Gasteiger partial charge on any atom is 0.268 e. The number of thiol groups is 1. The van der Waals surface area contributed by atoms with Gasteiger partial charge in [-0.2, -0.15) is 21.0 Å². The average Bonchev–Trinajstić information content (AvgIpc) is 1.81. The summed E-state index contributed by atoms with van der Waals surface area (Å²) in [6.45, 7) is 3.85. The van der Waals surface area contributed by atoms with Crippen LogP contribution in [0.4, 0.5) is 0 Å². The fourth-order valence-electron chi connectivity index (χ4n) is 0.554. The third-order valence-electron chi connectivity index (χ3n) is 0.912. The normalized spacial score (nSPS) is 14.8. The molecule has 0 saturated heterocycles. The van der Waals surface area contributed by atoms with Crippen LogP contribution in [0.15, 0.2) is 0 Å². The van der Waals surface area contributed by atoms with E-state index in [1.54, 1.807) is 6.92 Å². The molecule has 0 aromatic heterocycles. The van der Waals surface area contributed by atoms with Crippen LogP contribution in [0.3, 0.4) is 0 Å². The van der Waals surface area contributed by atoms with E-state index in [2.05, 4.69) is 16.8 Å². The van der Waals surface area contributed by atoms with Gasteiger partial charge in [0.25, 0.3) is 10.1 Å². The minimum absolute atomic E-state index is 0.0177. The first-order valence-electron chi connectivity index (χ1n) is 3.53. The summed E-state index contributed by atoms with van der Waals surface area (Å²) in [5, 5.41) is -0.170. The molecule has 0 amide bonds. The van der Waals surface area contributed by atoms with Gasteiger partial charge in [0, 0.05) is 5.25 Å². The van der Waals surface area contributed by atoms with Gasteiger partial charge in [-0.3, -0.25) is 4.18 Å². The van der Waals surface area contributed by atoms with Crippen LogP contribution in [0.2, 0.25) is 0 Å². The summed E-state index contributed by atoms with van der Waals surface area (Å²) in [7, 11) is -3.32. The van der Waals surface area contributed by atoms with Gasteiger partial charge in [0.05, 0.1) is 12.4 Å². The molecule has 0 aromatic rings. The highest BCUT2D eigenvalue weighted by molar-refractivity contribution is 7.88. The summed E-state index contributed by atoms with van der Waals surface area (Å²) in [4.78, 5) is 0. The van der Waals surface area contributed by atoms with Crippen molar-refractivity contribution >= 4 is 22.7 Å². The largest absolute Gasteiger partial charge is 0.270 e. The summed E-state index contributed by atoms with van der Waals surface area (Å²) < 4.78 is 26.5. The lowest BCUT2D eigenvalue weighted by molar-refractivity contribution is 0.318. The van der Waals surface area contributed by atoms with Gasteiger partial charge < -0.3 is 0 Å². The number of rotatable bonds is 5. The Labute approximate surface area is 73.7 Å². The van der Waals surface area contributed by atoms with Crippen LogP contribution in [-0.4, -0.2) is 26.0 Å². The lowest BCUT2D eigenvalue weighted by Gasteiger charge is -2.05. The molecule has 0 N–H and O–H groups in total. The molecule has 0 rings (SSSR count). The molecular formula is C6H14O3S2. The number of hydrogen-bond acceptors (Lipinski definition) is 4. The standard InChI is InChI=1S/C6H14O3S2/c1-3-4-9-11(7,8)5-6(2)10/h6,10H,3-5H2,1-2H3. The van der Waals surface area contributed by atoms with Crippen molar-refractivity contribution in [3.63, 3.8) is 0 Å². The monoisotopic (exact) mass is 198 g/mol. The summed E-state index contributed by atoms with van der Waals surface area (Å²) in [5.41, 5.74) is 0. The zero-order valence-electron chi connectivity index (χ0n) is 6.78. The molecular weight excluding hydrogens is 184 g/mol. The molecule has 0 aliphatic rings. The molecule has 0 aliphatic carbocycles. The quantitative estimate of drug-likeness (QED) is 0.530. The first-order chi connectivity index (χ1) is 4.98. The zero-order chi connectivity index (χ0) is 8.91. The Bertz CT molecular complexity index is 184. The average molecular weight is 198 g/mol. The van der Waals surface area contributed by atoms with Crippen LogP contribution in [-0.2, 0) is 14.3 Å². The van der Waals surface area contributed by atoms with E-state index in [-0.39, 0.29) is 17.6 Å². The van der Waals surface area contributed by atoms with Crippen LogP contribution < -0.4 is 0 Å². The second-order valence-electron chi connectivity index (χ2n) is 2.40. The second-order valence-corrected chi connectivity index (χ2v) is 4.96. The fraction of sp³-hybridized carbons (Fsp3) is 1.00. The van der Waals surface area contributed by atoms with E-state index < -0.39 is 10.1 Å². The summed E-state index contributed by atoms with van der Waals surface area (Å²) in [5.74, 6) is -0.0177. The van der Waals surface area contributed by atoms with Crippen LogP contribution >= 0.6 is 12.6 Å². The molecule has 68 valence electrons. The van der Waals surface area contributed by atoms with Gasteiger partial charge in [0.2, 0.25) is 0 Å². The van der Waals surface area contributed by atoms with Crippen LogP contribution in [0.25, 0.3) is 0 Å². The molecule has 3 nitrogen and oxygen atoms in total. The number of hydrogen-bond donors (Lipinski definition) is 1. The predicted octanol–water partition coefficient (Wildman–Crippen LogP) is 1.06. The van der Waals surface area contributed by atoms with E-state index in [9.17, 15) is 8.42 Å². The Hall–Kier alpha value is 0.260. The Morgan fingerprint density at radius 1 is 1.55 bits per heavy atom. The molecule has 0 spiro atoms. The van der Waals surface area contributed by atoms with Crippen molar-refractivity contribution in [2.45, 2.75) is 25.5 Å². The smallest absolute Gasteiger partial charge is 0.268 e. The first-order valence-corrected chi connectivity index (χ1v) is 5.62. The minimum atomic E-state index is -3.32. The van der Waals surface area contributed by atoms with Crippen molar-refractivity contribution in [3.05, 3.63) is 0 Å². The molecule has 0 fully saturated rings. The highest BCUT2D eigenvalue weighted by Crippen LogP contribution is 2.02. The van der Waals surface area contributed by atoms with Crippen molar-refractivity contribution in [2.75, 3.05) is 12.4 Å². The van der Waals surface area contributed by atoms with Gasteiger partial charge in [-0.1, -0.05) is 13.8 Å². The van der Waals surface area contributed by atoms with Crippen molar-refractivity contribution in [2.24, 2.45) is 0 Å². The zero-order valence-corrected chi connectivity index (χ0v) is 8.49. The summed E-state index contributed by atoms with van der Waals surface area (Å²) in [6.07, 6.45) is 0.709. The molecule has 0 heterocycles. The highest BCUT2D eigenvalue weighted by atomic mass is 32.2. The summed E-state index contributed by atoms with van der Waals surface area (Å²) in [6, 6.07) is 0. The van der Waals surface area contributed by atoms with E-state index in [1.165, 1.54) is 0 Å². The minimum Gasteiger partial charge on any atom is -0.270 e. The van der Waals surface area contributed by atoms with E-state index in [4.69, 9.17) is 0 Å². The van der Waals surface area contributed by atoms with E-state index in [0.29, 0.717) is 6.42 Å². The molecule has 1 unspecified atom stereocenters. The topological polar surface area (TPSA) is 43.4 Å². The van der Waals surface area contributed by atoms with Gasteiger partial charge in [-0.05, 0) is 6.42 Å². The van der Waals surface area contributed by atoms with Gasteiger partial charge in [0.15, 0.2) is 0 Å². The third kappa shape index (κ3) is 6.65. The molecule has 1 atom stereocenters. The molecule has 5 heteroatoms. The van der Waals surface area contributed by atoms with Crippen molar-refractivity contribution in [1.29, 1.82) is 0 Å². The molecule has 0 saturated carbocycles. The van der Waals surface area contributed by atoms with Crippen molar-refractivity contribution in [3.8, 4) is 0 Å². The fourth-order valence-corrected chi connectivity index (χ4v) is 2.21. The molecule has 11 heavy (non-hydrogen) atoms. The lowest BCUT2D eigenvalue weighted by atomic mass is 10.5. The molecule has 0 bridgehead atoms. The van der Waals surface area contributed by atoms with Gasteiger partial charge >= 0.3 is 0 Å². The van der Waals surface area contributed by atoms with E-state index in [1.807, 2.05) is 6.92 Å². The van der Waals surface area contributed by atoms with E-state index >= 15 is 0 Å². The third-order valence-corrected chi connectivity index (χ3v) is 2.78. The molecule has 0 aliphatic heterocycles. The molecule has 0 aromatic carbocycles.